The molecule has 2 fully saturated rings. The Morgan fingerprint density at radius 3 is 2.30 bits per heavy atom. The second-order valence-corrected chi connectivity index (χ2v) is 9.21. The molecule has 1 unspecified atom stereocenters. The largest absolute Gasteiger partial charge is 0.497 e. The summed E-state index contributed by atoms with van der Waals surface area (Å²) in [5.74, 6) is -5.07. The van der Waals surface area contributed by atoms with Gasteiger partial charge in [-0.15, -0.1) is 0 Å². The average Bonchev–Trinajstić information content (AvgIpc) is 3.19. The molecule has 2 amide bonds. The molecule has 0 bridgehead atoms. The maximum absolute atomic E-state index is 15.2. The number of nitrogens with one attached hydrogen (secondary N) is 1. The molecule has 3 heterocycles. The monoisotopic (exact) mass is 561 g/mol. The van der Waals surface area contributed by atoms with Crippen molar-refractivity contribution in [2.45, 2.75) is 24.6 Å². The number of anilines is 1. The van der Waals surface area contributed by atoms with Crippen molar-refractivity contribution in [3.8, 4) is 11.5 Å². The number of methoxy groups -OCH3 is 1. The van der Waals surface area contributed by atoms with Gasteiger partial charge in [-0.05, 0) is 36.4 Å². The molecule has 3 aromatic rings. The van der Waals surface area contributed by atoms with E-state index in [2.05, 4.69) is 10.1 Å². The number of benzene rings is 2. The van der Waals surface area contributed by atoms with Crippen LogP contribution in [0, 0.1) is 11.6 Å². The van der Waals surface area contributed by atoms with E-state index in [1.165, 1.54) is 29.9 Å². The van der Waals surface area contributed by atoms with Crippen molar-refractivity contribution < 1.29 is 41.4 Å². The predicted molar refractivity (Wildman–Crippen MR) is 133 cm³/mol. The van der Waals surface area contributed by atoms with E-state index in [9.17, 15) is 23.2 Å². The van der Waals surface area contributed by atoms with Crippen LogP contribution >= 0.6 is 0 Å². The zero-order valence-electron chi connectivity index (χ0n) is 21.0. The van der Waals surface area contributed by atoms with Gasteiger partial charge in [-0.3, -0.25) is 14.4 Å². The summed E-state index contributed by atoms with van der Waals surface area (Å²) in [6.07, 6.45) is 1.56. The van der Waals surface area contributed by atoms with E-state index in [4.69, 9.17) is 9.47 Å². The van der Waals surface area contributed by atoms with Crippen LogP contribution in [0.25, 0.3) is 0 Å². The smallest absolute Gasteiger partial charge is 0.387 e. The Labute approximate surface area is 224 Å². The van der Waals surface area contributed by atoms with Crippen LogP contribution in [-0.2, 0) is 9.53 Å². The summed E-state index contributed by atoms with van der Waals surface area (Å²) in [4.78, 5) is 41.1. The molecule has 40 heavy (non-hydrogen) atoms. The van der Waals surface area contributed by atoms with Gasteiger partial charge >= 0.3 is 6.61 Å². The van der Waals surface area contributed by atoms with Gasteiger partial charge in [0.2, 0.25) is 5.91 Å². The van der Waals surface area contributed by atoms with E-state index in [0.717, 1.165) is 29.2 Å². The van der Waals surface area contributed by atoms with Crippen molar-refractivity contribution in [2.24, 2.45) is 0 Å². The summed E-state index contributed by atoms with van der Waals surface area (Å²) in [5, 5.41) is 2.50. The van der Waals surface area contributed by atoms with Gasteiger partial charge in [0.25, 0.3) is 11.5 Å². The Morgan fingerprint density at radius 2 is 1.73 bits per heavy atom. The lowest BCUT2D eigenvalue weighted by molar-refractivity contribution is -0.118. The van der Waals surface area contributed by atoms with Crippen molar-refractivity contribution in [3.05, 3.63) is 87.8 Å². The molecule has 0 spiro atoms. The fourth-order valence-electron chi connectivity index (χ4n) is 4.79. The van der Waals surface area contributed by atoms with Gasteiger partial charge in [0, 0.05) is 41.9 Å². The number of alkyl halides is 2. The van der Waals surface area contributed by atoms with Gasteiger partial charge in [0.05, 0.1) is 26.4 Å². The minimum atomic E-state index is -3.06. The normalized spacial score (nSPS) is 19.1. The fourth-order valence-corrected chi connectivity index (χ4v) is 4.79. The number of nitrogens with zero attached hydrogens (tertiary/aromatic N) is 2. The van der Waals surface area contributed by atoms with Crippen molar-refractivity contribution in [3.63, 3.8) is 0 Å². The number of hydrogen-bond donors (Lipinski definition) is 1. The molecular formula is C27H23F4N3O6. The highest BCUT2D eigenvalue weighted by molar-refractivity contribution is 6.05. The quantitative estimate of drug-likeness (QED) is 0.424. The molecular weight excluding hydrogens is 538 g/mol. The number of pyridine rings is 1. The van der Waals surface area contributed by atoms with Crippen LogP contribution in [0.1, 0.15) is 27.9 Å². The zero-order valence-corrected chi connectivity index (χ0v) is 21.0. The standard InChI is InChI=1S/C27H23F4N3O6/c1-38-17-9-19(28)22(20(29)10-17)18-11-34(21-3-2-8-33(25(21)36)15-12-39-13-15)26(37)23(18)32-24(35)14-4-6-16(7-5-14)40-27(30)31/h2-10,15,18,23,27H,11-13H2,1H3,(H,32,35)/t18-,23?/m0/s1. The van der Waals surface area contributed by atoms with E-state index in [1.54, 1.807) is 12.3 Å². The molecule has 2 atom stereocenters. The maximum Gasteiger partial charge on any atom is 0.387 e. The molecule has 0 radical (unpaired) electrons. The number of halogens is 4. The van der Waals surface area contributed by atoms with E-state index < -0.39 is 53.1 Å². The number of carbonyl (C=O) groups is 2. The van der Waals surface area contributed by atoms with Crippen LogP contribution in [0.3, 0.4) is 0 Å². The van der Waals surface area contributed by atoms with E-state index >= 15 is 8.78 Å². The van der Waals surface area contributed by atoms with Crippen molar-refractivity contribution >= 4 is 17.5 Å². The second kappa shape index (κ2) is 11.0. The molecule has 0 aliphatic carbocycles. The predicted octanol–water partition coefficient (Wildman–Crippen LogP) is 3.24. The molecule has 2 saturated heterocycles. The highest BCUT2D eigenvalue weighted by Gasteiger charge is 2.46. The Hall–Kier alpha value is -4.39. The number of ether oxygens (including phenoxy) is 3. The third-order valence-corrected chi connectivity index (χ3v) is 6.86. The lowest BCUT2D eigenvalue weighted by Gasteiger charge is -2.29. The topological polar surface area (TPSA) is 99.1 Å². The summed E-state index contributed by atoms with van der Waals surface area (Å²) in [5.41, 5.74) is -1.01. The number of rotatable bonds is 8. The van der Waals surface area contributed by atoms with E-state index in [0.29, 0.717) is 13.2 Å². The highest BCUT2D eigenvalue weighted by Crippen LogP contribution is 2.36. The van der Waals surface area contributed by atoms with Gasteiger partial charge in [-0.1, -0.05) is 0 Å². The molecule has 0 saturated carbocycles. The van der Waals surface area contributed by atoms with Gasteiger partial charge in [0.15, 0.2) is 0 Å². The van der Waals surface area contributed by atoms with Crippen LogP contribution in [0.15, 0.2) is 59.5 Å². The van der Waals surface area contributed by atoms with E-state index in [-0.39, 0.29) is 35.3 Å². The van der Waals surface area contributed by atoms with Gasteiger partial charge in [-0.2, -0.15) is 8.78 Å². The van der Waals surface area contributed by atoms with Crippen LogP contribution in [0.4, 0.5) is 23.2 Å². The maximum atomic E-state index is 15.2. The van der Waals surface area contributed by atoms with Crippen molar-refractivity contribution in [1.29, 1.82) is 0 Å². The summed E-state index contributed by atoms with van der Waals surface area (Å²) in [6.45, 7) is -2.73. The summed E-state index contributed by atoms with van der Waals surface area (Å²) in [6, 6.07) is 7.89. The Balaban J connectivity index is 1.50. The van der Waals surface area contributed by atoms with E-state index in [1.807, 2.05) is 0 Å². The minimum Gasteiger partial charge on any atom is -0.497 e. The molecule has 210 valence electrons. The molecule has 13 heteroatoms. The Bertz CT molecular complexity index is 1470. The summed E-state index contributed by atoms with van der Waals surface area (Å²) < 4.78 is 71.0. The van der Waals surface area contributed by atoms with Gasteiger partial charge in [-0.25, -0.2) is 8.78 Å². The summed E-state index contributed by atoms with van der Waals surface area (Å²) in [7, 11) is 1.24. The van der Waals surface area contributed by atoms with Crippen molar-refractivity contribution in [1.82, 2.24) is 9.88 Å². The third kappa shape index (κ3) is 5.11. The first-order valence-corrected chi connectivity index (χ1v) is 12.2. The van der Waals surface area contributed by atoms with Gasteiger partial charge < -0.3 is 29.0 Å². The van der Waals surface area contributed by atoms with Crippen LogP contribution in [0.5, 0.6) is 11.5 Å². The number of aromatic nitrogens is 1. The highest BCUT2D eigenvalue weighted by atomic mass is 19.3. The Morgan fingerprint density at radius 1 is 1.05 bits per heavy atom. The minimum absolute atomic E-state index is 0.0191. The Kier molecular flexibility index (Phi) is 7.48. The van der Waals surface area contributed by atoms with Crippen molar-refractivity contribution in [2.75, 3.05) is 31.8 Å². The molecule has 5 rings (SSSR count). The molecule has 1 N–H and O–H groups in total. The molecule has 2 aliphatic heterocycles. The number of hydrogen-bond acceptors (Lipinski definition) is 6. The first-order valence-electron chi connectivity index (χ1n) is 12.2. The molecule has 9 nitrogen and oxygen atoms in total. The lowest BCUT2D eigenvalue weighted by atomic mass is 9.92. The van der Waals surface area contributed by atoms with Crippen LogP contribution in [0.2, 0.25) is 0 Å². The zero-order chi connectivity index (χ0) is 28.6. The summed E-state index contributed by atoms with van der Waals surface area (Å²) >= 11 is 0. The second-order valence-electron chi connectivity index (χ2n) is 9.21. The SMILES string of the molecule is COc1cc(F)c([C@@H]2CN(c3cccn(C4COC4)c3=O)C(=O)C2NC(=O)c2ccc(OC(F)F)cc2)c(F)c1. The van der Waals surface area contributed by atoms with Crippen LogP contribution < -0.4 is 25.2 Å². The molecule has 2 aliphatic rings. The van der Waals surface area contributed by atoms with Crippen LogP contribution in [-0.4, -0.2) is 55.9 Å². The molecule has 2 aromatic carbocycles. The lowest BCUT2D eigenvalue weighted by Crippen LogP contribution is -2.45. The van der Waals surface area contributed by atoms with Gasteiger partial charge in [0.1, 0.15) is 34.9 Å². The first-order chi connectivity index (χ1) is 19.2. The first kappa shape index (κ1) is 27.2. The average molecular weight is 561 g/mol. The number of amides is 2. The third-order valence-electron chi connectivity index (χ3n) is 6.86. The molecule has 1 aromatic heterocycles. The fraction of sp³-hybridized carbons (Fsp3) is 0.296. The number of carbonyl (C=O) groups excluding carboxylic acids is 2.